The summed E-state index contributed by atoms with van der Waals surface area (Å²) in [5.41, 5.74) is 2.98. The molecule has 33 heavy (non-hydrogen) atoms. The highest BCUT2D eigenvalue weighted by Crippen LogP contribution is 2.35. The molecule has 0 saturated carbocycles. The molecule has 5 nitrogen and oxygen atoms in total. The van der Waals surface area contributed by atoms with Gasteiger partial charge in [0.2, 0.25) is 11.3 Å². The van der Waals surface area contributed by atoms with Crippen LogP contribution in [0.2, 0.25) is 0 Å². The summed E-state index contributed by atoms with van der Waals surface area (Å²) in [5.74, 6) is 0.372. The van der Waals surface area contributed by atoms with Crippen LogP contribution in [0.25, 0.3) is 0 Å². The topological polar surface area (TPSA) is 69.7 Å². The minimum absolute atomic E-state index is 0.197. The lowest BCUT2D eigenvalue weighted by molar-refractivity contribution is 0.103. The van der Waals surface area contributed by atoms with Gasteiger partial charge in [0.1, 0.15) is 17.1 Å². The molecule has 0 aliphatic carbocycles. The van der Waals surface area contributed by atoms with E-state index in [1.54, 1.807) is 42.5 Å². The van der Waals surface area contributed by atoms with Crippen LogP contribution in [0.1, 0.15) is 56.8 Å². The third kappa shape index (κ3) is 5.04. The van der Waals surface area contributed by atoms with Crippen molar-refractivity contribution in [3.8, 4) is 11.5 Å². The Hall–Kier alpha value is -3.30. The molecule has 1 unspecified atom stereocenters. The van der Waals surface area contributed by atoms with Gasteiger partial charge < -0.3 is 9.47 Å². The number of rotatable bonds is 9. The molecule has 3 aromatic rings. The van der Waals surface area contributed by atoms with E-state index >= 15 is 0 Å². The molecule has 0 saturated heterocycles. The fourth-order valence-electron chi connectivity index (χ4n) is 3.99. The van der Waals surface area contributed by atoms with E-state index in [1.807, 2.05) is 46.8 Å². The van der Waals surface area contributed by atoms with Gasteiger partial charge in [-0.25, -0.2) is 0 Å². The zero-order valence-electron chi connectivity index (χ0n) is 19.6. The molecule has 0 aliphatic rings. The van der Waals surface area contributed by atoms with Crippen LogP contribution in [-0.4, -0.2) is 24.5 Å². The second-order valence-corrected chi connectivity index (χ2v) is 9.19. The number of hydrogen-bond acceptors (Lipinski definition) is 5. The van der Waals surface area contributed by atoms with Crippen LogP contribution in [0.4, 0.5) is 0 Å². The number of benzene rings is 3. The number of aryl methyl sites for hydroxylation is 3. The van der Waals surface area contributed by atoms with E-state index < -0.39 is 19.1 Å². The molecule has 0 N–H and O–H groups in total. The van der Waals surface area contributed by atoms with Crippen LogP contribution < -0.4 is 14.8 Å². The lowest BCUT2D eigenvalue weighted by atomic mass is 10.0. The normalized spacial score (nSPS) is 11.1. The van der Waals surface area contributed by atoms with Crippen LogP contribution in [0.3, 0.4) is 0 Å². The second kappa shape index (κ2) is 10.5. The first-order valence-electron chi connectivity index (χ1n) is 10.9. The molecule has 0 heterocycles. The van der Waals surface area contributed by atoms with Gasteiger partial charge in [-0.15, -0.1) is 0 Å². The highest BCUT2D eigenvalue weighted by molar-refractivity contribution is 7.71. The number of carbonyl (C=O) groups excluding carboxylic acids is 2. The summed E-state index contributed by atoms with van der Waals surface area (Å²) in [6, 6.07) is 15.5. The summed E-state index contributed by atoms with van der Waals surface area (Å²) in [4.78, 5) is 27.0. The maximum atomic E-state index is 13.7. The maximum Gasteiger partial charge on any atom is 0.247 e. The van der Waals surface area contributed by atoms with E-state index in [0.717, 1.165) is 16.7 Å². The number of carbonyl (C=O) groups is 2. The van der Waals surface area contributed by atoms with Gasteiger partial charge in [-0.2, -0.15) is 0 Å². The zero-order chi connectivity index (χ0) is 24.1. The Morgan fingerprint density at radius 2 is 1.33 bits per heavy atom. The second-order valence-electron chi connectivity index (χ2n) is 7.71. The van der Waals surface area contributed by atoms with Crippen LogP contribution >= 0.6 is 7.80 Å². The predicted molar refractivity (Wildman–Crippen MR) is 131 cm³/mol. The summed E-state index contributed by atoms with van der Waals surface area (Å²) in [7, 11) is -2.53. The van der Waals surface area contributed by atoms with Crippen LogP contribution in [0, 0.1) is 20.8 Å². The van der Waals surface area contributed by atoms with Gasteiger partial charge in [0.05, 0.1) is 18.5 Å². The fraction of sp³-hybridized carbons (Fsp3) is 0.259. The van der Waals surface area contributed by atoms with Gasteiger partial charge in [-0.3, -0.25) is 14.2 Å². The summed E-state index contributed by atoms with van der Waals surface area (Å²) in [6.45, 7) is 10.0. The minimum Gasteiger partial charge on any atom is -0.493 e. The summed E-state index contributed by atoms with van der Waals surface area (Å²) >= 11 is 0. The summed E-state index contributed by atoms with van der Waals surface area (Å²) in [6.07, 6.45) is 0. The first-order valence-corrected chi connectivity index (χ1v) is 12.2. The van der Waals surface area contributed by atoms with Gasteiger partial charge in [-0.05, 0) is 70.0 Å². The Morgan fingerprint density at radius 1 is 0.788 bits per heavy atom. The lowest BCUT2D eigenvalue weighted by Crippen LogP contribution is -2.18. The third-order valence-electron chi connectivity index (χ3n) is 5.26. The first kappa shape index (κ1) is 24.3. The molecule has 171 valence electrons. The van der Waals surface area contributed by atoms with E-state index in [9.17, 15) is 14.2 Å². The summed E-state index contributed by atoms with van der Waals surface area (Å²) < 4.78 is 24.9. The van der Waals surface area contributed by atoms with Crippen molar-refractivity contribution >= 4 is 24.4 Å². The monoisotopic (exact) mass is 463 g/mol. The average Bonchev–Trinajstić information content (AvgIpc) is 2.78. The van der Waals surface area contributed by atoms with Gasteiger partial charge in [0, 0.05) is 11.1 Å². The quantitative estimate of drug-likeness (QED) is 0.290. The Bertz CT molecular complexity index is 1180. The summed E-state index contributed by atoms with van der Waals surface area (Å²) in [5, 5.41) is 0.204. The molecule has 0 amide bonds. The SMILES string of the molecule is CCOc1cccc(OCC)c1C(=O)c1ccccc1[P](=O)C(=O)c1c(C)cc(C)cc1C. The van der Waals surface area contributed by atoms with Gasteiger partial charge in [0.25, 0.3) is 0 Å². The average molecular weight is 463 g/mol. The highest BCUT2D eigenvalue weighted by atomic mass is 31.1. The Balaban J connectivity index is 2.11. The van der Waals surface area contributed by atoms with E-state index in [2.05, 4.69) is 0 Å². The molecule has 1 atom stereocenters. The molecule has 0 bridgehead atoms. The van der Waals surface area contributed by atoms with Crippen LogP contribution in [0.15, 0.2) is 54.6 Å². The standard InChI is InChI=1S/C27H28O5P/c1-6-31-21-12-10-13-22(32-7-2)25(21)26(28)20-11-8-9-14-23(20)33(30)27(29)24-18(4)15-17(3)16-19(24)5/h8-16H,6-7H2,1-5H3. The molecule has 3 rings (SSSR count). The van der Waals surface area contributed by atoms with Gasteiger partial charge in [-0.1, -0.05) is 35.9 Å². The van der Waals surface area contributed by atoms with Crippen LogP contribution in [-0.2, 0) is 4.57 Å². The molecular formula is C27H28O5P. The Morgan fingerprint density at radius 3 is 1.88 bits per heavy atom. The molecule has 3 aromatic carbocycles. The van der Waals surface area contributed by atoms with Crippen molar-refractivity contribution < 1.29 is 23.6 Å². The van der Waals surface area contributed by atoms with Crippen LogP contribution in [0.5, 0.6) is 11.5 Å². The van der Waals surface area contributed by atoms with Crippen molar-refractivity contribution in [3.05, 3.63) is 88.0 Å². The highest BCUT2D eigenvalue weighted by Gasteiger charge is 2.28. The maximum absolute atomic E-state index is 13.7. The van der Waals surface area contributed by atoms with Gasteiger partial charge >= 0.3 is 0 Å². The Kier molecular flexibility index (Phi) is 7.78. The minimum atomic E-state index is -2.53. The van der Waals surface area contributed by atoms with Crippen molar-refractivity contribution in [2.75, 3.05) is 13.2 Å². The fourth-order valence-corrected chi connectivity index (χ4v) is 5.38. The first-order chi connectivity index (χ1) is 15.8. The smallest absolute Gasteiger partial charge is 0.247 e. The van der Waals surface area contributed by atoms with Crippen molar-refractivity contribution in [1.29, 1.82) is 0 Å². The zero-order valence-corrected chi connectivity index (χ0v) is 20.5. The molecular weight excluding hydrogens is 435 g/mol. The van der Waals surface area contributed by atoms with E-state index in [-0.39, 0.29) is 16.4 Å². The molecule has 0 aliphatic heterocycles. The van der Waals surface area contributed by atoms with E-state index in [0.29, 0.717) is 30.3 Å². The molecule has 1 radical (unpaired) electrons. The van der Waals surface area contributed by atoms with Crippen molar-refractivity contribution in [3.63, 3.8) is 0 Å². The Labute approximate surface area is 195 Å². The predicted octanol–water partition coefficient (Wildman–Crippen LogP) is 5.93. The van der Waals surface area contributed by atoms with Crippen molar-refractivity contribution in [2.24, 2.45) is 0 Å². The van der Waals surface area contributed by atoms with E-state index in [1.165, 1.54) is 0 Å². The molecule has 0 aromatic heterocycles. The van der Waals surface area contributed by atoms with E-state index in [4.69, 9.17) is 9.47 Å². The number of hydrogen-bond donors (Lipinski definition) is 0. The van der Waals surface area contributed by atoms with Crippen molar-refractivity contribution in [2.45, 2.75) is 34.6 Å². The largest absolute Gasteiger partial charge is 0.493 e. The number of ether oxygens (including phenoxy) is 2. The molecule has 0 fully saturated rings. The number of ketones is 1. The molecule has 6 heteroatoms. The molecule has 0 spiro atoms. The third-order valence-corrected chi connectivity index (χ3v) is 6.68. The van der Waals surface area contributed by atoms with Gasteiger partial charge in [0.15, 0.2) is 7.80 Å². The lowest BCUT2D eigenvalue weighted by Gasteiger charge is -2.16. The van der Waals surface area contributed by atoms with Crippen molar-refractivity contribution in [1.82, 2.24) is 0 Å².